The molecule has 19 heavy (non-hydrogen) atoms. The van der Waals surface area contributed by atoms with Gasteiger partial charge in [0.1, 0.15) is 0 Å². The number of esters is 1. The Morgan fingerprint density at radius 2 is 2.21 bits per heavy atom. The lowest BCUT2D eigenvalue weighted by Gasteiger charge is -2.10. The fourth-order valence-electron chi connectivity index (χ4n) is 1.79. The SMILES string of the molecule is COC(=O)C(O)CNC(=O)c1cccc2[nH]ccc12. The smallest absolute Gasteiger partial charge is 0.336 e. The topological polar surface area (TPSA) is 91.4 Å². The predicted octanol–water partition coefficient (Wildman–Crippen LogP) is 0.432. The number of amides is 1. The molecule has 0 aliphatic rings. The predicted molar refractivity (Wildman–Crippen MR) is 68.7 cm³/mol. The van der Waals surface area contributed by atoms with Crippen molar-refractivity contribution < 1.29 is 19.4 Å². The van der Waals surface area contributed by atoms with Crippen molar-refractivity contribution in [1.29, 1.82) is 0 Å². The van der Waals surface area contributed by atoms with E-state index in [1.807, 2.05) is 6.07 Å². The number of aliphatic hydroxyl groups is 1. The molecule has 1 heterocycles. The van der Waals surface area contributed by atoms with Gasteiger partial charge in [0.15, 0.2) is 6.10 Å². The summed E-state index contributed by atoms with van der Waals surface area (Å²) in [6.07, 6.45) is 0.379. The largest absolute Gasteiger partial charge is 0.467 e. The average molecular weight is 262 g/mol. The fraction of sp³-hybridized carbons (Fsp3) is 0.231. The first-order valence-electron chi connectivity index (χ1n) is 5.73. The van der Waals surface area contributed by atoms with Crippen LogP contribution in [0.4, 0.5) is 0 Å². The van der Waals surface area contributed by atoms with Crippen LogP contribution in [0.25, 0.3) is 10.9 Å². The zero-order valence-corrected chi connectivity index (χ0v) is 10.3. The molecular weight excluding hydrogens is 248 g/mol. The molecule has 0 aliphatic carbocycles. The van der Waals surface area contributed by atoms with Gasteiger partial charge >= 0.3 is 5.97 Å². The van der Waals surface area contributed by atoms with Crippen molar-refractivity contribution in [3.63, 3.8) is 0 Å². The highest BCUT2D eigenvalue weighted by molar-refractivity contribution is 6.06. The summed E-state index contributed by atoms with van der Waals surface area (Å²) in [4.78, 5) is 26.0. The Hall–Kier alpha value is -2.34. The lowest BCUT2D eigenvalue weighted by atomic mass is 10.1. The third-order valence-corrected chi connectivity index (χ3v) is 2.77. The maximum Gasteiger partial charge on any atom is 0.336 e. The summed E-state index contributed by atoms with van der Waals surface area (Å²) in [6, 6.07) is 7.08. The molecule has 3 N–H and O–H groups in total. The summed E-state index contributed by atoms with van der Waals surface area (Å²) in [5.74, 6) is -1.13. The number of carbonyl (C=O) groups excluding carboxylic acids is 2. The summed E-state index contributed by atoms with van der Waals surface area (Å²) in [7, 11) is 1.17. The number of carbonyl (C=O) groups is 2. The van der Waals surface area contributed by atoms with Crippen molar-refractivity contribution in [2.45, 2.75) is 6.10 Å². The third-order valence-electron chi connectivity index (χ3n) is 2.77. The minimum Gasteiger partial charge on any atom is -0.467 e. The van der Waals surface area contributed by atoms with Gasteiger partial charge in [-0.1, -0.05) is 6.07 Å². The third kappa shape index (κ3) is 2.74. The van der Waals surface area contributed by atoms with Gasteiger partial charge in [0.2, 0.25) is 0 Å². The summed E-state index contributed by atoms with van der Waals surface area (Å²) in [6.45, 7) is -0.188. The Balaban J connectivity index is 2.08. The number of H-pyrrole nitrogens is 1. The van der Waals surface area contributed by atoms with E-state index in [0.29, 0.717) is 5.56 Å². The van der Waals surface area contributed by atoms with Crippen LogP contribution in [-0.2, 0) is 9.53 Å². The molecule has 0 aliphatic heterocycles. The van der Waals surface area contributed by atoms with Gasteiger partial charge in [0.25, 0.3) is 5.91 Å². The molecule has 1 amide bonds. The summed E-state index contributed by atoms with van der Waals surface area (Å²) < 4.78 is 4.36. The van der Waals surface area contributed by atoms with Crippen molar-refractivity contribution in [3.8, 4) is 0 Å². The van der Waals surface area contributed by atoms with Crippen LogP contribution in [-0.4, -0.2) is 41.7 Å². The molecule has 1 aromatic heterocycles. The van der Waals surface area contributed by atoms with Crippen LogP contribution in [0.5, 0.6) is 0 Å². The van der Waals surface area contributed by atoms with Gasteiger partial charge in [-0.25, -0.2) is 4.79 Å². The van der Waals surface area contributed by atoms with Crippen LogP contribution < -0.4 is 5.32 Å². The number of aromatic amines is 1. The van der Waals surface area contributed by atoms with E-state index >= 15 is 0 Å². The monoisotopic (exact) mass is 262 g/mol. The van der Waals surface area contributed by atoms with Crippen molar-refractivity contribution in [2.24, 2.45) is 0 Å². The lowest BCUT2D eigenvalue weighted by molar-refractivity contribution is -0.149. The number of rotatable bonds is 4. The van der Waals surface area contributed by atoms with Crippen LogP contribution in [0.2, 0.25) is 0 Å². The molecule has 0 fully saturated rings. The van der Waals surface area contributed by atoms with E-state index in [0.717, 1.165) is 10.9 Å². The highest BCUT2D eigenvalue weighted by atomic mass is 16.5. The molecule has 1 aromatic carbocycles. The van der Waals surface area contributed by atoms with Crippen LogP contribution in [0.1, 0.15) is 10.4 Å². The molecule has 1 unspecified atom stereocenters. The molecule has 0 spiro atoms. The highest BCUT2D eigenvalue weighted by Gasteiger charge is 2.17. The number of benzene rings is 1. The zero-order valence-electron chi connectivity index (χ0n) is 10.3. The fourth-order valence-corrected chi connectivity index (χ4v) is 1.79. The summed E-state index contributed by atoms with van der Waals surface area (Å²) in [5.41, 5.74) is 1.33. The summed E-state index contributed by atoms with van der Waals surface area (Å²) in [5, 5.41) is 12.7. The number of aromatic nitrogens is 1. The van der Waals surface area contributed by atoms with E-state index in [1.54, 1.807) is 24.4 Å². The van der Waals surface area contributed by atoms with Crippen LogP contribution in [0.3, 0.4) is 0 Å². The number of ether oxygens (including phenoxy) is 1. The summed E-state index contributed by atoms with van der Waals surface area (Å²) >= 11 is 0. The van der Waals surface area contributed by atoms with Gasteiger partial charge in [-0.05, 0) is 18.2 Å². The average Bonchev–Trinajstić information content (AvgIpc) is 2.91. The lowest BCUT2D eigenvalue weighted by Crippen LogP contribution is -2.37. The van der Waals surface area contributed by atoms with E-state index in [1.165, 1.54) is 7.11 Å². The van der Waals surface area contributed by atoms with Gasteiger partial charge in [-0.15, -0.1) is 0 Å². The molecule has 1 atom stereocenters. The maximum atomic E-state index is 12.0. The van der Waals surface area contributed by atoms with E-state index in [-0.39, 0.29) is 12.5 Å². The van der Waals surface area contributed by atoms with Gasteiger partial charge in [-0.3, -0.25) is 4.79 Å². The standard InChI is InChI=1S/C13H14N2O4/c1-19-13(18)11(16)7-15-12(17)9-3-2-4-10-8(9)5-6-14-10/h2-6,11,14,16H,7H2,1H3,(H,15,17). The number of fused-ring (bicyclic) bond motifs is 1. The van der Waals surface area contributed by atoms with Crippen molar-refractivity contribution in [1.82, 2.24) is 10.3 Å². The molecule has 0 saturated heterocycles. The molecule has 100 valence electrons. The Kier molecular flexibility index (Phi) is 3.82. The number of methoxy groups -OCH3 is 1. The molecule has 0 bridgehead atoms. The van der Waals surface area contributed by atoms with Crippen molar-refractivity contribution >= 4 is 22.8 Å². The van der Waals surface area contributed by atoms with Gasteiger partial charge in [0.05, 0.1) is 13.7 Å². The molecule has 0 radical (unpaired) electrons. The minimum atomic E-state index is -1.36. The van der Waals surface area contributed by atoms with Gasteiger partial charge in [-0.2, -0.15) is 0 Å². The molecule has 0 saturated carbocycles. The van der Waals surface area contributed by atoms with E-state index in [2.05, 4.69) is 15.0 Å². The number of nitrogens with one attached hydrogen (secondary N) is 2. The number of hydrogen-bond acceptors (Lipinski definition) is 4. The van der Waals surface area contributed by atoms with Crippen LogP contribution in [0.15, 0.2) is 30.5 Å². The first kappa shape index (κ1) is 13.1. The van der Waals surface area contributed by atoms with E-state index in [4.69, 9.17) is 0 Å². The molecule has 6 nitrogen and oxygen atoms in total. The minimum absolute atomic E-state index is 0.188. The first-order chi connectivity index (χ1) is 9.13. The number of hydrogen-bond donors (Lipinski definition) is 3. The Morgan fingerprint density at radius 1 is 1.42 bits per heavy atom. The van der Waals surface area contributed by atoms with Crippen LogP contribution >= 0.6 is 0 Å². The van der Waals surface area contributed by atoms with Crippen molar-refractivity contribution in [2.75, 3.05) is 13.7 Å². The van der Waals surface area contributed by atoms with Gasteiger partial charge in [0, 0.05) is 22.7 Å². The second-order valence-corrected chi connectivity index (χ2v) is 3.99. The molecule has 2 rings (SSSR count). The normalized spacial score (nSPS) is 12.1. The van der Waals surface area contributed by atoms with Crippen LogP contribution in [0, 0.1) is 0 Å². The van der Waals surface area contributed by atoms with Gasteiger partial charge < -0.3 is 20.1 Å². The molecule has 2 aromatic rings. The Morgan fingerprint density at radius 3 is 2.95 bits per heavy atom. The second-order valence-electron chi connectivity index (χ2n) is 3.99. The number of aliphatic hydroxyl groups excluding tert-OH is 1. The van der Waals surface area contributed by atoms with E-state index in [9.17, 15) is 14.7 Å². The van der Waals surface area contributed by atoms with Crippen molar-refractivity contribution in [3.05, 3.63) is 36.0 Å². The first-order valence-corrected chi connectivity index (χ1v) is 5.73. The molecule has 6 heteroatoms. The Bertz CT molecular complexity index is 605. The molecular formula is C13H14N2O4. The second kappa shape index (κ2) is 5.53. The zero-order chi connectivity index (χ0) is 13.8. The quantitative estimate of drug-likeness (QED) is 0.697. The maximum absolute atomic E-state index is 12.0. The van der Waals surface area contributed by atoms with E-state index < -0.39 is 12.1 Å². The Labute approximate surface area is 109 Å². The highest BCUT2D eigenvalue weighted by Crippen LogP contribution is 2.17.